The topological polar surface area (TPSA) is 65.9 Å². The zero-order valence-electron chi connectivity index (χ0n) is 13.7. The van der Waals surface area contributed by atoms with Crippen LogP contribution < -0.4 is 4.90 Å². The molecular formula is C16H25N3O3. The number of aliphatic hydroxyl groups excluding tert-OH is 1. The van der Waals surface area contributed by atoms with Gasteiger partial charge in [-0.3, -0.25) is 0 Å². The van der Waals surface area contributed by atoms with E-state index in [1.807, 2.05) is 39.0 Å². The second kappa shape index (κ2) is 6.52. The summed E-state index contributed by atoms with van der Waals surface area (Å²) in [5.41, 5.74) is 0.426. The summed E-state index contributed by atoms with van der Waals surface area (Å²) >= 11 is 0. The third-order valence-electron chi connectivity index (χ3n) is 3.89. The Morgan fingerprint density at radius 3 is 2.45 bits per heavy atom. The van der Waals surface area contributed by atoms with Crippen LogP contribution in [-0.4, -0.2) is 54.4 Å². The van der Waals surface area contributed by atoms with Crippen LogP contribution in [0.3, 0.4) is 0 Å². The zero-order valence-corrected chi connectivity index (χ0v) is 13.7. The van der Waals surface area contributed by atoms with Crippen molar-refractivity contribution >= 4 is 11.9 Å². The molecule has 1 aromatic heterocycles. The fourth-order valence-corrected chi connectivity index (χ4v) is 2.46. The minimum Gasteiger partial charge on any atom is -0.453 e. The number of nitrogens with zero attached hydrogens (tertiary/aromatic N) is 3. The quantitative estimate of drug-likeness (QED) is 0.906. The molecule has 1 aromatic rings. The lowest BCUT2D eigenvalue weighted by molar-refractivity contribution is 0.0590. The summed E-state index contributed by atoms with van der Waals surface area (Å²) in [6.45, 7) is 8.60. The molecule has 1 unspecified atom stereocenters. The van der Waals surface area contributed by atoms with Crippen LogP contribution in [0.5, 0.6) is 0 Å². The zero-order chi connectivity index (χ0) is 16.3. The first-order valence-corrected chi connectivity index (χ1v) is 7.56. The molecular weight excluding hydrogens is 282 g/mol. The normalized spacial score (nSPS) is 17.3. The van der Waals surface area contributed by atoms with Crippen LogP contribution in [0.25, 0.3) is 0 Å². The van der Waals surface area contributed by atoms with Crippen molar-refractivity contribution < 1.29 is 14.6 Å². The lowest BCUT2D eigenvalue weighted by atomic mass is 9.87. The second-order valence-electron chi connectivity index (χ2n) is 6.63. The molecule has 6 heteroatoms. The molecule has 0 aliphatic carbocycles. The highest BCUT2D eigenvalue weighted by atomic mass is 16.5. The number of rotatable bonds is 2. The van der Waals surface area contributed by atoms with Crippen LogP contribution in [0.1, 0.15) is 32.6 Å². The number of hydrogen-bond donors (Lipinski definition) is 1. The van der Waals surface area contributed by atoms with Gasteiger partial charge in [0.05, 0.1) is 12.8 Å². The van der Waals surface area contributed by atoms with Crippen molar-refractivity contribution in [1.82, 2.24) is 9.88 Å². The van der Waals surface area contributed by atoms with Gasteiger partial charge in [0, 0.05) is 26.2 Å². The van der Waals surface area contributed by atoms with Crippen molar-refractivity contribution in [3.63, 3.8) is 0 Å². The van der Waals surface area contributed by atoms with E-state index in [-0.39, 0.29) is 11.5 Å². The van der Waals surface area contributed by atoms with E-state index in [1.54, 1.807) is 4.90 Å². The smallest absolute Gasteiger partial charge is 0.409 e. The highest BCUT2D eigenvalue weighted by Gasteiger charge is 2.26. The van der Waals surface area contributed by atoms with Crippen molar-refractivity contribution in [3.8, 4) is 0 Å². The lowest BCUT2D eigenvalue weighted by Gasteiger charge is -2.35. The number of piperazine rings is 1. The summed E-state index contributed by atoms with van der Waals surface area (Å²) in [5.74, 6) is 0.838. The Balaban J connectivity index is 2.07. The van der Waals surface area contributed by atoms with Gasteiger partial charge in [0.25, 0.3) is 0 Å². The molecule has 2 heterocycles. The van der Waals surface area contributed by atoms with E-state index in [4.69, 9.17) is 4.74 Å². The molecule has 0 saturated carbocycles. The molecule has 1 saturated heterocycles. The largest absolute Gasteiger partial charge is 0.453 e. The summed E-state index contributed by atoms with van der Waals surface area (Å²) in [4.78, 5) is 19.9. The summed E-state index contributed by atoms with van der Waals surface area (Å²) in [6, 6.07) is 5.70. The van der Waals surface area contributed by atoms with Crippen LogP contribution in [0.15, 0.2) is 18.2 Å². The molecule has 6 nitrogen and oxygen atoms in total. The average molecular weight is 307 g/mol. The van der Waals surface area contributed by atoms with Crippen molar-refractivity contribution in [2.24, 2.45) is 5.41 Å². The summed E-state index contributed by atoms with van der Waals surface area (Å²) in [7, 11) is 1.40. The molecule has 122 valence electrons. The van der Waals surface area contributed by atoms with Crippen molar-refractivity contribution in [2.75, 3.05) is 38.2 Å². The van der Waals surface area contributed by atoms with Gasteiger partial charge in [-0.15, -0.1) is 0 Å². The van der Waals surface area contributed by atoms with Crippen LogP contribution in [0, 0.1) is 5.41 Å². The van der Waals surface area contributed by atoms with Gasteiger partial charge in [-0.25, -0.2) is 9.78 Å². The molecule has 1 fully saturated rings. The van der Waals surface area contributed by atoms with Gasteiger partial charge in [-0.2, -0.15) is 0 Å². The number of aliphatic hydroxyl groups is 1. The van der Waals surface area contributed by atoms with Crippen LogP contribution in [-0.2, 0) is 4.74 Å². The van der Waals surface area contributed by atoms with Gasteiger partial charge in [-0.05, 0) is 17.5 Å². The predicted molar refractivity (Wildman–Crippen MR) is 84.8 cm³/mol. The predicted octanol–water partition coefficient (Wildman–Crippen LogP) is 2.05. The molecule has 1 amide bonds. The summed E-state index contributed by atoms with van der Waals surface area (Å²) in [6.07, 6.45) is -0.895. The molecule has 1 atom stereocenters. The van der Waals surface area contributed by atoms with Gasteiger partial charge < -0.3 is 19.6 Å². The molecule has 0 radical (unpaired) electrons. The van der Waals surface area contributed by atoms with E-state index in [0.29, 0.717) is 31.9 Å². The molecule has 22 heavy (non-hydrogen) atoms. The van der Waals surface area contributed by atoms with Crippen LogP contribution in [0.4, 0.5) is 10.6 Å². The monoisotopic (exact) mass is 307 g/mol. The fraction of sp³-hybridized carbons (Fsp3) is 0.625. The van der Waals surface area contributed by atoms with Crippen LogP contribution >= 0.6 is 0 Å². The minimum absolute atomic E-state index is 0.255. The highest BCUT2D eigenvalue weighted by molar-refractivity contribution is 5.67. The van der Waals surface area contributed by atoms with E-state index in [1.165, 1.54) is 7.11 Å². The number of hydrogen-bond acceptors (Lipinski definition) is 5. The number of aromatic nitrogens is 1. The first-order valence-electron chi connectivity index (χ1n) is 7.56. The van der Waals surface area contributed by atoms with E-state index in [9.17, 15) is 9.90 Å². The Kier molecular flexibility index (Phi) is 4.90. The Bertz CT molecular complexity index is 520. The fourth-order valence-electron chi connectivity index (χ4n) is 2.46. The molecule has 1 aliphatic rings. The van der Waals surface area contributed by atoms with E-state index >= 15 is 0 Å². The van der Waals surface area contributed by atoms with Gasteiger partial charge in [-0.1, -0.05) is 26.8 Å². The van der Waals surface area contributed by atoms with E-state index in [2.05, 4.69) is 9.88 Å². The average Bonchev–Trinajstić information content (AvgIpc) is 2.52. The maximum absolute atomic E-state index is 11.5. The summed E-state index contributed by atoms with van der Waals surface area (Å²) in [5, 5.41) is 10.4. The standard InChI is InChI=1S/C16H25N3O3/c1-16(2,3)14(20)12-6-5-7-13(17-12)18-8-10-19(11-9-18)15(21)22-4/h5-7,14,20H,8-11H2,1-4H3. The van der Waals surface area contributed by atoms with Gasteiger partial charge in [0.1, 0.15) is 11.9 Å². The first kappa shape index (κ1) is 16.5. The maximum atomic E-state index is 11.5. The Morgan fingerprint density at radius 1 is 1.27 bits per heavy atom. The van der Waals surface area contributed by atoms with Crippen molar-refractivity contribution in [1.29, 1.82) is 0 Å². The Morgan fingerprint density at radius 2 is 1.91 bits per heavy atom. The number of carbonyl (C=O) groups excluding carboxylic acids is 1. The molecule has 0 aromatic carbocycles. The van der Waals surface area contributed by atoms with Crippen molar-refractivity contribution in [2.45, 2.75) is 26.9 Å². The summed E-state index contributed by atoms with van der Waals surface area (Å²) < 4.78 is 4.74. The molecule has 1 N–H and O–H groups in total. The minimum atomic E-state index is -0.608. The third-order valence-corrected chi connectivity index (χ3v) is 3.89. The number of pyridine rings is 1. The number of amides is 1. The maximum Gasteiger partial charge on any atom is 0.409 e. The van der Waals surface area contributed by atoms with E-state index in [0.717, 1.165) is 5.82 Å². The number of ether oxygens (including phenoxy) is 1. The SMILES string of the molecule is COC(=O)N1CCN(c2cccc(C(O)C(C)(C)C)n2)CC1. The number of carbonyl (C=O) groups is 1. The van der Waals surface area contributed by atoms with Gasteiger partial charge in [0.15, 0.2) is 0 Å². The van der Waals surface area contributed by atoms with Gasteiger partial charge >= 0.3 is 6.09 Å². The number of methoxy groups -OCH3 is 1. The second-order valence-corrected chi connectivity index (χ2v) is 6.63. The molecule has 0 spiro atoms. The Hall–Kier alpha value is -1.82. The highest BCUT2D eigenvalue weighted by Crippen LogP contribution is 2.32. The number of anilines is 1. The molecule has 2 rings (SSSR count). The molecule has 0 bridgehead atoms. The molecule has 1 aliphatic heterocycles. The Labute approximate surface area is 131 Å². The van der Waals surface area contributed by atoms with E-state index < -0.39 is 6.10 Å². The third kappa shape index (κ3) is 3.68. The first-order chi connectivity index (χ1) is 10.3. The van der Waals surface area contributed by atoms with Crippen molar-refractivity contribution in [3.05, 3.63) is 23.9 Å². The lowest BCUT2D eigenvalue weighted by Crippen LogP contribution is -2.49. The van der Waals surface area contributed by atoms with Crippen LogP contribution in [0.2, 0.25) is 0 Å². The van der Waals surface area contributed by atoms with Gasteiger partial charge in [0.2, 0.25) is 0 Å².